The summed E-state index contributed by atoms with van der Waals surface area (Å²) in [6.45, 7) is 4.22. The number of methoxy groups -OCH3 is 1. The van der Waals surface area contributed by atoms with E-state index in [4.69, 9.17) is 14.7 Å². The zero-order valence-electron chi connectivity index (χ0n) is 17.3. The summed E-state index contributed by atoms with van der Waals surface area (Å²) in [5.41, 5.74) is 2.14. The maximum atomic E-state index is 12.7. The Hall–Kier alpha value is -3.30. The van der Waals surface area contributed by atoms with Crippen molar-refractivity contribution >= 4 is 12.0 Å². The van der Waals surface area contributed by atoms with E-state index < -0.39 is 0 Å². The molecule has 1 fully saturated rings. The normalized spacial score (nSPS) is 14.9. The first-order valence-electron chi connectivity index (χ1n) is 10.1. The van der Waals surface area contributed by atoms with E-state index in [1.807, 2.05) is 23.1 Å². The van der Waals surface area contributed by atoms with Crippen LogP contribution in [0.15, 0.2) is 54.6 Å². The van der Waals surface area contributed by atoms with Crippen molar-refractivity contribution in [3.63, 3.8) is 0 Å². The third-order valence-corrected chi connectivity index (χ3v) is 5.05. The van der Waals surface area contributed by atoms with Crippen molar-refractivity contribution in [3.8, 4) is 17.6 Å². The standard InChI is InChI=1S/C24H27N3O3/c1-29-23-18-20(8-10-22(23)30-17-12-25)9-11-24(28)27-14-5-13-26(15-16-27)19-21-6-3-2-4-7-21/h2-4,6-11,18H,5,13-17,19H2,1H3/b11-9+. The summed E-state index contributed by atoms with van der Waals surface area (Å²) in [5, 5.41) is 8.65. The Morgan fingerprint density at radius 1 is 1.10 bits per heavy atom. The molecule has 0 aliphatic carbocycles. The Morgan fingerprint density at radius 3 is 2.70 bits per heavy atom. The van der Waals surface area contributed by atoms with Crippen LogP contribution in [0.1, 0.15) is 17.5 Å². The van der Waals surface area contributed by atoms with Gasteiger partial charge < -0.3 is 14.4 Å². The molecule has 0 atom stereocenters. The molecule has 30 heavy (non-hydrogen) atoms. The summed E-state index contributed by atoms with van der Waals surface area (Å²) in [5.74, 6) is 1.06. The Bertz CT molecular complexity index is 906. The largest absolute Gasteiger partial charge is 0.493 e. The molecule has 2 aromatic carbocycles. The van der Waals surface area contributed by atoms with Crippen LogP contribution in [0.2, 0.25) is 0 Å². The van der Waals surface area contributed by atoms with E-state index in [-0.39, 0.29) is 12.5 Å². The summed E-state index contributed by atoms with van der Waals surface area (Å²) in [6.07, 6.45) is 4.36. The summed E-state index contributed by atoms with van der Waals surface area (Å²) in [4.78, 5) is 17.0. The second kappa shape index (κ2) is 11.0. The van der Waals surface area contributed by atoms with Crippen molar-refractivity contribution in [2.24, 2.45) is 0 Å². The third kappa shape index (κ3) is 6.10. The van der Waals surface area contributed by atoms with Crippen LogP contribution in [0.5, 0.6) is 11.5 Å². The van der Waals surface area contributed by atoms with Gasteiger partial charge in [-0.15, -0.1) is 0 Å². The van der Waals surface area contributed by atoms with Crippen LogP contribution in [0.3, 0.4) is 0 Å². The molecule has 0 radical (unpaired) electrons. The number of ether oxygens (including phenoxy) is 2. The molecule has 0 N–H and O–H groups in total. The Kier molecular flexibility index (Phi) is 7.87. The first-order chi connectivity index (χ1) is 14.7. The quantitative estimate of drug-likeness (QED) is 0.661. The highest BCUT2D eigenvalue weighted by molar-refractivity contribution is 5.91. The lowest BCUT2D eigenvalue weighted by atomic mass is 10.2. The molecule has 0 unspecified atom stereocenters. The van der Waals surface area contributed by atoms with Crippen LogP contribution < -0.4 is 9.47 Å². The number of benzene rings is 2. The van der Waals surface area contributed by atoms with Crippen molar-refractivity contribution in [2.75, 3.05) is 39.9 Å². The van der Waals surface area contributed by atoms with E-state index in [9.17, 15) is 4.79 Å². The van der Waals surface area contributed by atoms with Gasteiger partial charge in [-0.25, -0.2) is 0 Å². The number of carbonyl (C=O) groups excluding carboxylic acids is 1. The smallest absolute Gasteiger partial charge is 0.246 e. The molecule has 1 aliphatic rings. The lowest BCUT2D eigenvalue weighted by molar-refractivity contribution is -0.125. The molecular formula is C24H27N3O3. The first-order valence-corrected chi connectivity index (χ1v) is 10.1. The Morgan fingerprint density at radius 2 is 1.93 bits per heavy atom. The van der Waals surface area contributed by atoms with Gasteiger partial charge in [-0.05, 0) is 35.8 Å². The number of carbonyl (C=O) groups is 1. The molecule has 156 valence electrons. The van der Waals surface area contributed by atoms with Crippen molar-refractivity contribution < 1.29 is 14.3 Å². The maximum absolute atomic E-state index is 12.7. The zero-order chi connectivity index (χ0) is 21.2. The van der Waals surface area contributed by atoms with Crippen LogP contribution >= 0.6 is 0 Å². The molecule has 1 amide bonds. The topological polar surface area (TPSA) is 65.8 Å². The summed E-state index contributed by atoms with van der Waals surface area (Å²) in [7, 11) is 1.55. The highest BCUT2D eigenvalue weighted by Gasteiger charge is 2.17. The second-order valence-electron chi connectivity index (χ2n) is 7.13. The average molecular weight is 405 g/mol. The van der Waals surface area contributed by atoms with Gasteiger partial charge in [0.2, 0.25) is 5.91 Å². The highest BCUT2D eigenvalue weighted by atomic mass is 16.5. The van der Waals surface area contributed by atoms with Crippen LogP contribution in [-0.4, -0.2) is 55.6 Å². The molecule has 6 heteroatoms. The molecule has 6 nitrogen and oxygen atoms in total. The third-order valence-electron chi connectivity index (χ3n) is 5.05. The number of nitrogens with zero attached hydrogens (tertiary/aromatic N) is 3. The highest BCUT2D eigenvalue weighted by Crippen LogP contribution is 2.28. The first kappa shape index (κ1) is 21.4. The molecule has 1 saturated heterocycles. The molecule has 3 rings (SSSR count). The number of nitriles is 1. The van der Waals surface area contributed by atoms with E-state index in [0.717, 1.165) is 44.7 Å². The SMILES string of the molecule is COc1cc(/C=C/C(=O)N2CCCN(Cc3ccccc3)CC2)ccc1OCC#N. The van der Waals surface area contributed by atoms with E-state index >= 15 is 0 Å². The van der Waals surface area contributed by atoms with Crippen molar-refractivity contribution in [3.05, 3.63) is 65.7 Å². The van der Waals surface area contributed by atoms with Crippen LogP contribution in [0, 0.1) is 11.3 Å². The summed E-state index contributed by atoms with van der Waals surface area (Å²) >= 11 is 0. The fourth-order valence-corrected chi connectivity index (χ4v) is 3.48. The molecule has 1 heterocycles. The predicted octanol–water partition coefficient (Wildman–Crippen LogP) is 3.35. The molecule has 0 spiro atoms. The van der Waals surface area contributed by atoms with Crippen molar-refractivity contribution in [1.82, 2.24) is 9.80 Å². The van der Waals surface area contributed by atoms with Gasteiger partial charge in [0.25, 0.3) is 0 Å². The van der Waals surface area contributed by atoms with Crippen molar-refractivity contribution in [2.45, 2.75) is 13.0 Å². The van der Waals surface area contributed by atoms with Crippen LogP contribution in [0.25, 0.3) is 6.08 Å². The number of hydrogen-bond acceptors (Lipinski definition) is 5. The van der Waals surface area contributed by atoms with Gasteiger partial charge in [-0.3, -0.25) is 9.69 Å². The van der Waals surface area contributed by atoms with Gasteiger partial charge in [0.15, 0.2) is 18.1 Å². The fourth-order valence-electron chi connectivity index (χ4n) is 3.48. The van der Waals surface area contributed by atoms with Gasteiger partial charge >= 0.3 is 0 Å². The van der Waals surface area contributed by atoms with E-state index in [2.05, 4.69) is 29.2 Å². The summed E-state index contributed by atoms with van der Waals surface area (Å²) < 4.78 is 10.6. The molecular weight excluding hydrogens is 378 g/mol. The summed E-state index contributed by atoms with van der Waals surface area (Å²) in [6, 6.07) is 17.7. The lowest BCUT2D eigenvalue weighted by Gasteiger charge is -2.21. The number of rotatable bonds is 7. The van der Waals surface area contributed by atoms with E-state index in [1.54, 1.807) is 31.4 Å². The monoisotopic (exact) mass is 405 g/mol. The predicted molar refractivity (Wildman–Crippen MR) is 116 cm³/mol. The van der Waals surface area contributed by atoms with Crippen LogP contribution in [0.4, 0.5) is 0 Å². The van der Waals surface area contributed by atoms with E-state index in [1.165, 1.54) is 5.56 Å². The minimum atomic E-state index is -0.0414. The maximum Gasteiger partial charge on any atom is 0.246 e. The minimum Gasteiger partial charge on any atom is -0.493 e. The second-order valence-corrected chi connectivity index (χ2v) is 7.13. The Labute approximate surface area is 177 Å². The van der Waals surface area contributed by atoms with Crippen molar-refractivity contribution in [1.29, 1.82) is 5.26 Å². The zero-order valence-corrected chi connectivity index (χ0v) is 17.3. The molecule has 0 saturated carbocycles. The van der Waals surface area contributed by atoms with E-state index in [0.29, 0.717) is 11.5 Å². The molecule has 1 aliphatic heterocycles. The fraction of sp³-hybridized carbons (Fsp3) is 0.333. The average Bonchev–Trinajstić information content (AvgIpc) is 3.02. The molecule has 0 bridgehead atoms. The van der Waals surface area contributed by atoms with Gasteiger partial charge in [-0.2, -0.15) is 5.26 Å². The van der Waals surface area contributed by atoms with Gasteiger partial charge in [0.05, 0.1) is 7.11 Å². The van der Waals surface area contributed by atoms with Gasteiger partial charge in [-0.1, -0.05) is 36.4 Å². The lowest BCUT2D eigenvalue weighted by Crippen LogP contribution is -2.34. The number of hydrogen-bond donors (Lipinski definition) is 0. The Balaban J connectivity index is 1.56. The van der Waals surface area contributed by atoms with Gasteiger partial charge in [0.1, 0.15) is 6.07 Å². The molecule has 0 aromatic heterocycles. The molecule has 2 aromatic rings. The minimum absolute atomic E-state index is 0.0142. The van der Waals surface area contributed by atoms with Crippen LogP contribution in [-0.2, 0) is 11.3 Å². The van der Waals surface area contributed by atoms with Gasteiger partial charge in [0, 0.05) is 38.8 Å². The number of amides is 1.